The second-order valence-corrected chi connectivity index (χ2v) is 6.51. The molecule has 2 aliphatic heterocycles. The Labute approximate surface area is 143 Å². The average Bonchev–Trinajstić information content (AvgIpc) is 2.61. The van der Waals surface area contributed by atoms with Gasteiger partial charge in [0.25, 0.3) is 0 Å². The number of morpholine rings is 1. The van der Waals surface area contributed by atoms with Crippen LogP contribution in [-0.2, 0) is 4.74 Å². The number of nitriles is 1. The normalized spacial score (nSPS) is 21.2. The summed E-state index contributed by atoms with van der Waals surface area (Å²) in [4.78, 5) is 2.16. The van der Waals surface area contributed by atoms with E-state index in [1.165, 1.54) is 0 Å². The summed E-state index contributed by atoms with van der Waals surface area (Å²) in [5, 5.41) is 11.8. The van der Waals surface area contributed by atoms with E-state index in [1.54, 1.807) is 0 Å². The Morgan fingerprint density at radius 2 is 2.00 bits per heavy atom. The number of fused-ring (bicyclic) bond motifs is 3. The van der Waals surface area contributed by atoms with Crippen LogP contribution < -0.4 is 4.74 Å². The topological polar surface area (TPSA) is 45.5 Å². The van der Waals surface area contributed by atoms with Crippen molar-refractivity contribution in [1.29, 1.82) is 5.26 Å². The van der Waals surface area contributed by atoms with Crippen molar-refractivity contribution in [1.82, 2.24) is 4.90 Å². The summed E-state index contributed by atoms with van der Waals surface area (Å²) in [6.45, 7) is 2.88. The molecule has 0 spiro atoms. The first-order chi connectivity index (χ1) is 11.3. The van der Waals surface area contributed by atoms with Crippen LogP contribution in [0.2, 0.25) is 0 Å². The predicted octanol–water partition coefficient (Wildman–Crippen LogP) is 3.56. The standard InChI is InChI=1S/C18H15BrN2O2/c19-16-10-12-3-1-2-4-14(12)15-9-13(11-20)18(23-17(15)16)21-5-7-22-8-6-21/h1-4,9-10,18H,5-8H2. The molecule has 0 radical (unpaired) electrons. The molecule has 2 aliphatic rings. The lowest BCUT2D eigenvalue weighted by Gasteiger charge is -2.36. The number of benzene rings is 2. The summed E-state index contributed by atoms with van der Waals surface area (Å²) in [6, 6.07) is 12.5. The van der Waals surface area contributed by atoms with Gasteiger partial charge in [-0.2, -0.15) is 5.26 Å². The summed E-state index contributed by atoms with van der Waals surface area (Å²) in [7, 11) is 0. The van der Waals surface area contributed by atoms with Crippen LogP contribution in [0.4, 0.5) is 0 Å². The second-order valence-electron chi connectivity index (χ2n) is 5.65. The van der Waals surface area contributed by atoms with E-state index in [-0.39, 0.29) is 6.23 Å². The minimum Gasteiger partial charge on any atom is -0.468 e. The summed E-state index contributed by atoms with van der Waals surface area (Å²) < 4.78 is 12.6. The zero-order chi connectivity index (χ0) is 15.8. The number of rotatable bonds is 1. The van der Waals surface area contributed by atoms with Gasteiger partial charge in [-0.1, -0.05) is 24.3 Å². The molecule has 1 fully saturated rings. The molecule has 2 heterocycles. The van der Waals surface area contributed by atoms with Crippen molar-refractivity contribution in [2.45, 2.75) is 6.23 Å². The van der Waals surface area contributed by atoms with Crippen molar-refractivity contribution in [3.8, 4) is 11.8 Å². The third kappa shape index (κ3) is 2.53. The molecule has 4 rings (SSSR count). The van der Waals surface area contributed by atoms with Crippen molar-refractivity contribution in [2.24, 2.45) is 0 Å². The van der Waals surface area contributed by atoms with E-state index in [9.17, 15) is 5.26 Å². The molecule has 116 valence electrons. The van der Waals surface area contributed by atoms with Gasteiger partial charge < -0.3 is 9.47 Å². The SMILES string of the molecule is N#CC1=Cc2c(c(Br)cc3ccccc23)OC1N1CCOCC1. The first kappa shape index (κ1) is 14.7. The molecule has 0 aromatic heterocycles. The quantitative estimate of drug-likeness (QED) is 0.769. The molecule has 0 aliphatic carbocycles. The molecule has 0 saturated carbocycles. The fourth-order valence-electron chi connectivity index (χ4n) is 3.16. The van der Waals surface area contributed by atoms with Gasteiger partial charge in [-0.25, -0.2) is 0 Å². The van der Waals surface area contributed by atoms with Gasteiger partial charge in [0, 0.05) is 18.7 Å². The molecule has 0 amide bonds. The van der Waals surface area contributed by atoms with E-state index in [1.807, 2.05) is 18.2 Å². The maximum absolute atomic E-state index is 9.59. The van der Waals surface area contributed by atoms with E-state index in [2.05, 4.69) is 45.1 Å². The molecule has 1 unspecified atom stereocenters. The van der Waals surface area contributed by atoms with Crippen molar-refractivity contribution in [3.05, 3.63) is 45.9 Å². The largest absolute Gasteiger partial charge is 0.468 e. The molecule has 0 N–H and O–H groups in total. The Morgan fingerprint density at radius 3 is 2.78 bits per heavy atom. The number of halogens is 1. The van der Waals surface area contributed by atoms with Gasteiger partial charge >= 0.3 is 0 Å². The second kappa shape index (κ2) is 5.97. The Balaban J connectivity index is 1.84. The zero-order valence-electron chi connectivity index (χ0n) is 12.5. The fraction of sp³-hybridized carbons (Fsp3) is 0.278. The fourth-order valence-corrected chi connectivity index (χ4v) is 3.71. The van der Waals surface area contributed by atoms with Gasteiger partial charge in [0.05, 0.1) is 23.3 Å². The van der Waals surface area contributed by atoms with Crippen LogP contribution >= 0.6 is 15.9 Å². The number of hydrogen-bond donors (Lipinski definition) is 0. The third-order valence-corrected chi connectivity index (χ3v) is 4.89. The van der Waals surface area contributed by atoms with Gasteiger partial charge in [-0.3, -0.25) is 4.90 Å². The van der Waals surface area contributed by atoms with Crippen molar-refractivity contribution >= 4 is 32.8 Å². The van der Waals surface area contributed by atoms with Crippen molar-refractivity contribution < 1.29 is 9.47 Å². The number of nitrogens with zero attached hydrogens (tertiary/aromatic N) is 2. The van der Waals surface area contributed by atoms with Crippen LogP contribution in [0.15, 0.2) is 40.4 Å². The minimum absolute atomic E-state index is 0.339. The van der Waals surface area contributed by atoms with Crippen LogP contribution in [0.25, 0.3) is 16.8 Å². The maximum atomic E-state index is 9.59. The van der Waals surface area contributed by atoms with Gasteiger partial charge in [0.2, 0.25) is 0 Å². The smallest absolute Gasteiger partial charge is 0.189 e. The van der Waals surface area contributed by atoms with E-state index < -0.39 is 0 Å². The molecule has 0 bridgehead atoms. The summed E-state index contributed by atoms with van der Waals surface area (Å²) >= 11 is 3.62. The Kier molecular flexibility index (Phi) is 3.82. The molecular formula is C18H15BrN2O2. The molecule has 1 saturated heterocycles. The zero-order valence-corrected chi connectivity index (χ0v) is 14.0. The van der Waals surface area contributed by atoms with E-state index >= 15 is 0 Å². The minimum atomic E-state index is -0.339. The van der Waals surface area contributed by atoms with Crippen LogP contribution in [0.5, 0.6) is 5.75 Å². The van der Waals surface area contributed by atoms with Crippen LogP contribution in [-0.4, -0.2) is 37.4 Å². The molecule has 23 heavy (non-hydrogen) atoms. The van der Waals surface area contributed by atoms with Crippen molar-refractivity contribution in [3.63, 3.8) is 0 Å². The first-order valence-electron chi connectivity index (χ1n) is 7.59. The highest BCUT2D eigenvalue weighted by Crippen LogP contribution is 2.41. The van der Waals surface area contributed by atoms with Crippen LogP contribution in [0, 0.1) is 11.3 Å². The highest BCUT2D eigenvalue weighted by Gasteiger charge is 2.31. The number of ether oxygens (including phenoxy) is 2. The lowest BCUT2D eigenvalue weighted by molar-refractivity contribution is -0.0291. The number of hydrogen-bond acceptors (Lipinski definition) is 4. The highest BCUT2D eigenvalue weighted by atomic mass is 79.9. The van der Waals surface area contributed by atoms with E-state index in [0.29, 0.717) is 18.8 Å². The molecule has 5 heteroatoms. The Bertz CT molecular complexity index is 835. The summed E-state index contributed by atoms with van der Waals surface area (Å²) in [5.74, 6) is 0.805. The van der Waals surface area contributed by atoms with Gasteiger partial charge in [-0.15, -0.1) is 0 Å². The molecule has 1 atom stereocenters. The van der Waals surface area contributed by atoms with Crippen LogP contribution in [0.1, 0.15) is 5.56 Å². The van der Waals surface area contributed by atoms with Gasteiger partial charge in [-0.05, 0) is 38.8 Å². The van der Waals surface area contributed by atoms with Gasteiger partial charge in [0.1, 0.15) is 11.8 Å². The molecule has 2 aromatic carbocycles. The van der Waals surface area contributed by atoms with E-state index in [4.69, 9.17) is 9.47 Å². The predicted molar refractivity (Wildman–Crippen MR) is 92.0 cm³/mol. The first-order valence-corrected chi connectivity index (χ1v) is 8.38. The average molecular weight is 371 g/mol. The Hall–Kier alpha value is -1.87. The molecule has 2 aromatic rings. The highest BCUT2D eigenvalue weighted by molar-refractivity contribution is 9.10. The monoisotopic (exact) mass is 370 g/mol. The van der Waals surface area contributed by atoms with Crippen molar-refractivity contribution in [2.75, 3.05) is 26.3 Å². The van der Waals surface area contributed by atoms with E-state index in [0.717, 1.165) is 39.6 Å². The third-order valence-electron chi connectivity index (χ3n) is 4.30. The van der Waals surface area contributed by atoms with Crippen LogP contribution in [0.3, 0.4) is 0 Å². The molecular weight excluding hydrogens is 356 g/mol. The maximum Gasteiger partial charge on any atom is 0.189 e. The summed E-state index contributed by atoms with van der Waals surface area (Å²) in [5.41, 5.74) is 1.61. The lowest BCUT2D eigenvalue weighted by Crippen LogP contribution is -2.47. The molecule has 4 nitrogen and oxygen atoms in total. The van der Waals surface area contributed by atoms with Gasteiger partial charge in [0.15, 0.2) is 6.23 Å². The Morgan fingerprint density at radius 1 is 1.22 bits per heavy atom. The lowest BCUT2D eigenvalue weighted by atomic mass is 9.98. The summed E-state index contributed by atoms with van der Waals surface area (Å²) in [6.07, 6.45) is 1.63.